The minimum atomic E-state index is -1.32. The lowest BCUT2D eigenvalue weighted by molar-refractivity contribution is 0.0499. The molecule has 7 heteroatoms. The van der Waals surface area contributed by atoms with Crippen LogP contribution in [0, 0.1) is 0 Å². The molecule has 0 bridgehead atoms. The van der Waals surface area contributed by atoms with Crippen LogP contribution in [0.25, 0.3) is 0 Å². The Balaban J connectivity index is 1.85. The molecule has 1 aliphatic heterocycles. The summed E-state index contributed by atoms with van der Waals surface area (Å²) in [5.41, 5.74) is -0.149. The number of carbonyl (C=O) groups excluding carboxylic acids is 1. The molecule has 28 heavy (non-hydrogen) atoms. The van der Waals surface area contributed by atoms with E-state index in [4.69, 9.17) is 4.74 Å². The van der Waals surface area contributed by atoms with Gasteiger partial charge < -0.3 is 19.3 Å². The van der Waals surface area contributed by atoms with Crippen molar-refractivity contribution in [3.05, 3.63) is 63.6 Å². The number of rotatable bonds is 4. The number of aromatic nitrogens is 1. The molecule has 0 spiro atoms. The van der Waals surface area contributed by atoms with Gasteiger partial charge in [0.05, 0.1) is 12.1 Å². The fourth-order valence-corrected chi connectivity index (χ4v) is 4.28. The van der Waals surface area contributed by atoms with E-state index in [-0.39, 0.29) is 41.6 Å². The molecule has 1 aliphatic carbocycles. The number of fused-ring (bicyclic) bond motifs is 3. The molecule has 7 nitrogen and oxygen atoms in total. The van der Waals surface area contributed by atoms with Gasteiger partial charge in [0.25, 0.3) is 5.91 Å². The lowest BCUT2D eigenvalue weighted by Crippen LogP contribution is -2.51. The van der Waals surface area contributed by atoms with E-state index in [1.165, 1.54) is 6.20 Å². The van der Waals surface area contributed by atoms with Gasteiger partial charge in [-0.1, -0.05) is 43.2 Å². The summed E-state index contributed by atoms with van der Waals surface area (Å²) in [4.78, 5) is 39.3. The van der Waals surface area contributed by atoms with Gasteiger partial charge in [-0.25, -0.2) is 4.79 Å². The Hall–Kier alpha value is -3.09. The minimum absolute atomic E-state index is 0.000120. The van der Waals surface area contributed by atoms with Crippen LogP contribution in [0.1, 0.15) is 58.1 Å². The van der Waals surface area contributed by atoms with Crippen LogP contribution in [-0.2, 0) is 6.61 Å². The Morgan fingerprint density at radius 1 is 1.14 bits per heavy atom. The maximum atomic E-state index is 13.1. The standard InChI is InChI=1S/C21H22N2O5/c1-22-15-9-5-6-10-16(15)23-11-14(21(26)27)18(24)19(17(23)20(22)25)28-12-13-7-3-2-4-8-13/h2-4,7-8,11,15-16H,5-6,9-10,12H2,1H3,(H,26,27)/t15-,16+/m0/s1. The maximum absolute atomic E-state index is 13.1. The Morgan fingerprint density at radius 3 is 2.50 bits per heavy atom. The van der Waals surface area contributed by atoms with Crippen molar-refractivity contribution >= 4 is 11.9 Å². The van der Waals surface area contributed by atoms with Gasteiger partial charge in [0.1, 0.15) is 12.2 Å². The molecule has 2 aromatic rings. The number of hydrogen-bond acceptors (Lipinski definition) is 4. The van der Waals surface area contributed by atoms with E-state index in [0.29, 0.717) is 0 Å². The Bertz CT molecular complexity index is 982. The normalized spacial score (nSPS) is 21.0. The number of likely N-dealkylation sites (N-methyl/N-ethyl adjacent to an activating group) is 1. The fourth-order valence-electron chi connectivity index (χ4n) is 4.28. The molecule has 1 aromatic carbocycles. The summed E-state index contributed by atoms with van der Waals surface area (Å²) in [6.07, 6.45) is 5.04. The second kappa shape index (κ2) is 7.14. The molecule has 1 saturated carbocycles. The van der Waals surface area contributed by atoms with E-state index in [2.05, 4.69) is 0 Å². The molecular formula is C21H22N2O5. The zero-order chi connectivity index (χ0) is 19.8. The highest BCUT2D eigenvalue weighted by molar-refractivity contribution is 5.98. The topological polar surface area (TPSA) is 88.8 Å². The van der Waals surface area contributed by atoms with E-state index >= 15 is 0 Å². The van der Waals surface area contributed by atoms with Gasteiger partial charge >= 0.3 is 5.97 Å². The molecule has 1 fully saturated rings. The first-order valence-electron chi connectivity index (χ1n) is 9.45. The molecule has 2 atom stereocenters. The van der Waals surface area contributed by atoms with Crippen LogP contribution >= 0.6 is 0 Å². The molecule has 0 unspecified atom stereocenters. The quantitative estimate of drug-likeness (QED) is 0.878. The average Bonchev–Trinajstić information content (AvgIpc) is 2.71. The molecule has 1 N–H and O–H groups in total. The predicted molar refractivity (Wildman–Crippen MR) is 102 cm³/mol. The van der Waals surface area contributed by atoms with Crippen LogP contribution in [0.2, 0.25) is 0 Å². The molecule has 1 aromatic heterocycles. The number of ether oxygens (including phenoxy) is 1. The molecular weight excluding hydrogens is 360 g/mol. The van der Waals surface area contributed by atoms with Gasteiger partial charge in [-0.15, -0.1) is 0 Å². The van der Waals surface area contributed by atoms with Crippen molar-refractivity contribution in [2.45, 2.75) is 44.4 Å². The van der Waals surface area contributed by atoms with E-state index in [0.717, 1.165) is 31.2 Å². The molecule has 4 rings (SSSR count). The number of pyridine rings is 1. The molecule has 1 amide bonds. The maximum Gasteiger partial charge on any atom is 0.341 e. The van der Waals surface area contributed by atoms with Gasteiger partial charge in [0.2, 0.25) is 5.43 Å². The third-order valence-corrected chi connectivity index (χ3v) is 5.72. The summed E-state index contributed by atoms with van der Waals surface area (Å²) in [7, 11) is 1.74. The van der Waals surface area contributed by atoms with E-state index < -0.39 is 11.4 Å². The molecule has 146 valence electrons. The van der Waals surface area contributed by atoms with Crippen LogP contribution in [-0.4, -0.2) is 39.5 Å². The largest absolute Gasteiger partial charge is 0.483 e. The first-order valence-corrected chi connectivity index (χ1v) is 9.45. The zero-order valence-corrected chi connectivity index (χ0v) is 15.6. The number of carboxylic acids is 1. The second-order valence-corrected chi connectivity index (χ2v) is 7.37. The number of carboxylic acid groups (broad SMARTS) is 1. The number of amides is 1. The van der Waals surface area contributed by atoms with Gasteiger partial charge in [-0.3, -0.25) is 9.59 Å². The SMILES string of the molecule is CN1C(=O)c2c(OCc3ccccc3)c(=O)c(C(=O)O)cn2[C@@H]2CCCC[C@@H]21. The lowest BCUT2D eigenvalue weighted by Gasteiger charge is -2.44. The van der Waals surface area contributed by atoms with Crippen molar-refractivity contribution in [3.8, 4) is 5.75 Å². The van der Waals surface area contributed by atoms with Crippen LogP contribution in [0.15, 0.2) is 41.3 Å². The number of nitrogens with zero attached hydrogens (tertiary/aromatic N) is 2. The van der Waals surface area contributed by atoms with Crippen molar-refractivity contribution < 1.29 is 19.4 Å². The first kappa shape index (κ1) is 18.3. The Morgan fingerprint density at radius 2 is 1.82 bits per heavy atom. The van der Waals surface area contributed by atoms with Crippen molar-refractivity contribution in [2.24, 2.45) is 0 Å². The Kier molecular flexibility index (Phi) is 4.66. The molecule has 2 aliphatic rings. The molecule has 0 saturated heterocycles. The van der Waals surface area contributed by atoms with Crippen molar-refractivity contribution in [1.29, 1.82) is 0 Å². The first-order chi connectivity index (χ1) is 13.5. The van der Waals surface area contributed by atoms with Gasteiger partial charge in [-0.2, -0.15) is 0 Å². The van der Waals surface area contributed by atoms with E-state index in [1.807, 2.05) is 30.3 Å². The van der Waals surface area contributed by atoms with Gasteiger partial charge in [0, 0.05) is 13.2 Å². The van der Waals surface area contributed by atoms with Crippen LogP contribution in [0.3, 0.4) is 0 Å². The van der Waals surface area contributed by atoms with Gasteiger partial charge in [0.15, 0.2) is 11.4 Å². The van der Waals surface area contributed by atoms with E-state index in [1.54, 1.807) is 16.5 Å². The average molecular weight is 382 g/mol. The summed E-state index contributed by atoms with van der Waals surface area (Å²) in [5.74, 6) is -1.80. The minimum Gasteiger partial charge on any atom is -0.483 e. The van der Waals surface area contributed by atoms with Crippen LogP contribution in [0.5, 0.6) is 5.75 Å². The van der Waals surface area contributed by atoms with Crippen molar-refractivity contribution in [3.63, 3.8) is 0 Å². The fraction of sp³-hybridized carbons (Fsp3) is 0.381. The number of benzene rings is 1. The smallest absolute Gasteiger partial charge is 0.341 e. The van der Waals surface area contributed by atoms with Crippen molar-refractivity contribution in [1.82, 2.24) is 9.47 Å². The highest BCUT2D eigenvalue weighted by atomic mass is 16.5. The van der Waals surface area contributed by atoms with E-state index in [9.17, 15) is 19.5 Å². The van der Waals surface area contributed by atoms with Crippen molar-refractivity contribution in [2.75, 3.05) is 7.05 Å². The third-order valence-electron chi connectivity index (χ3n) is 5.72. The molecule has 0 radical (unpaired) electrons. The molecule has 2 heterocycles. The highest BCUT2D eigenvalue weighted by Crippen LogP contribution is 2.38. The predicted octanol–water partition coefficient (Wildman–Crippen LogP) is 2.69. The summed E-state index contributed by atoms with van der Waals surface area (Å²) in [5, 5.41) is 9.53. The number of carbonyl (C=O) groups is 2. The second-order valence-electron chi connectivity index (χ2n) is 7.37. The summed E-state index contributed by atoms with van der Waals surface area (Å²) in [6, 6.07) is 9.20. The Labute approximate surface area is 162 Å². The van der Waals surface area contributed by atoms with Gasteiger partial charge in [-0.05, 0) is 18.4 Å². The van der Waals surface area contributed by atoms with Crippen LogP contribution in [0.4, 0.5) is 0 Å². The number of aromatic carboxylic acids is 1. The summed E-state index contributed by atoms with van der Waals surface area (Å²) < 4.78 is 7.44. The highest BCUT2D eigenvalue weighted by Gasteiger charge is 2.41. The van der Waals surface area contributed by atoms with Crippen LogP contribution < -0.4 is 10.2 Å². The monoisotopic (exact) mass is 382 g/mol. The third kappa shape index (κ3) is 2.96. The number of hydrogen-bond donors (Lipinski definition) is 1. The zero-order valence-electron chi connectivity index (χ0n) is 15.6. The summed E-state index contributed by atoms with van der Waals surface area (Å²) in [6.45, 7) is 0.0806. The summed E-state index contributed by atoms with van der Waals surface area (Å²) >= 11 is 0. The lowest BCUT2D eigenvalue weighted by atomic mass is 9.86.